The Bertz CT molecular complexity index is 796. The molecule has 3 rings (SSSR count). The second-order valence-corrected chi connectivity index (χ2v) is 7.66. The summed E-state index contributed by atoms with van der Waals surface area (Å²) in [5.74, 6) is -1.60. The fraction of sp³-hybridized carbons (Fsp3) is 0.429. The van der Waals surface area contributed by atoms with Gasteiger partial charge in [-0.25, -0.2) is 8.42 Å². The van der Waals surface area contributed by atoms with Gasteiger partial charge in [-0.15, -0.1) is 0 Å². The Hall–Kier alpha value is -2.27. The molecule has 1 aliphatic carbocycles. The Morgan fingerprint density at radius 2 is 2.14 bits per heavy atom. The molecule has 2 aliphatic rings. The molecule has 3 unspecified atom stereocenters. The van der Waals surface area contributed by atoms with Crippen LogP contribution in [0, 0.1) is 16.7 Å². The summed E-state index contributed by atoms with van der Waals surface area (Å²) >= 11 is 0. The molecule has 0 aromatic heterocycles. The van der Waals surface area contributed by atoms with Crippen LogP contribution in [-0.4, -0.2) is 37.3 Å². The number of hydrogen-bond acceptors (Lipinski definition) is 6. The third kappa shape index (κ3) is 1.78. The Balaban J connectivity index is 2.09. The number of hydrogen-bond donors (Lipinski definition) is 1. The summed E-state index contributed by atoms with van der Waals surface area (Å²) in [6.07, 6.45) is 0. The number of aliphatic carboxylic acids is 1. The smallest absolute Gasteiger partial charge is 0.326 e. The molecule has 1 saturated carbocycles. The molecule has 1 heterocycles. The molecule has 8 heteroatoms. The van der Waals surface area contributed by atoms with E-state index in [-0.39, 0.29) is 12.5 Å². The van der Waals surface area contributed by atoms with Gasteiger partial charge in [0.15, 0.2) is 26.8 Å². The van der Waals surface area contributed by atoms with Crippen LogP contribution in [0.2, 0.25) is 0 Å². The average Bonchev–Trinajstić information content (AvgIpc) is 3.00. The minimum Gasteiger partial charge on any atom is -0.480 e. The first-order valence-electron chi connectivity index (χ1n) is 6.64. The summed E-state index contributed by atoms with van der Waals surface area (Å²) in [5, 5.41) is 17.5. The predicted octanol–water partition coefficient (Wildman–Crippen LogP) is 0.910. The van der Waals surface area contributed by atoms with Crippen molar-refractivity contribution in [2.75, 3.05) is 12.5 Å². The second-order valence-electron chi connectivity index (χ2n) is 5.25. The van der Waals surface area contributed by atoms with Crippen molar-refractivity contribution in [3.63, 3.8) is 0 Å². The molecule has 3 atom stereocenters. The molecule has 0 radical (unpaired) electrons. The topological polar surface area (TPSA) is 114 Å². The van der Waals surface area contributed by atoms with Gasteiger partial charge >= 0.3 is 5.97 Å². The fourth-order valence-corrected chi connectivity index (χ4v) is 4.94. The lowest BCUT2D eigenvalue weighted by Crippen LogP contribution is -2.23. The molecule has 0 saturated heterocycles. The van der Waals surface area contributed by atoms with Crippen molar-refractivity contribution in [2.45, 2.75) is 18.1 Å². The Morgan fingerprint density at radius 1 is 1.45 bits per heavy atom. The van der Waals surface area contributed by atoms with E-state index in [4.69, 9.17) is 9.47 Å². The van der Waals surface area contributed by atoms with Crippen LogP contribution in [-0.2, 0) is 14.6 Å². The van der Waals surface area contributed by atoms with Crippen LogP contribution in [0.15, 0.2) is 18.2 Å². The minimum atomic E-state index is -3.68. The number of nitriles is 1. The Morgan fingerprint density at radius 3 is 2.73 bits per heavy atom. The molecule has 7 nitrogen and oxygen atoms in total. The van der Waals surface area contributed by atoms with Gasteiger partial charge in [-0.3, -0.25) is 4.79 Å². The standard InChI is InChI=1S/C14H13NO6S/c1-2-22(18,19)12-11(14(12,6-15)13(16)17)8-3-4-9-10(5-8)21-7-20-9/h3-5,11-12H,2,7H2,1H3,(H,16,17). The number of fused-ring (bicyclic) bond motifs is 1. The van der Waals surface area contributed by atoms with Gasteiger partial charge in [0.05, 0.1) is 6.07 Å². The second kappa shape index (κ2) is 4.61. The highest BCUT2D eigenvalue weighted by atomic mass is 32.2. The fourth-order valence-electron chi connectivity index (χ4n) is 3.01. The Labute approximate surface area is 127 Å². The van der Waals surface area contributed by atoms with Crippen molar-refractivity contribution in [3.8, 4) is 17.6 Å². The van der Waals surface area contributed by atoms with E-state index in [1.54, 1.807) is 24.3 Å². The highest BCUT2D eigenvalue weighted by molar-refractivity contribution is 7.92. The number of carboxylic acid groups (broad SMARTS) is 1. The van der Waals surface area contributed by atoms with Gasteiger partial charge < -0.3 is 14.6 Å². The van der Waals surface area contributed by atoms with E-state index in [0.29, 0.717) is 17.1 Å². The molecule has 1 aromatic carbocycles. The van der Waals surface area contributed by atoms with Gasteiger partial charge in [0, 0.05) is 11.7 Å². The zero-order valence-electron chi connectivity index (χ0n) is 11.6. The van der Waals surface area contributed by atoms with Crippen LogP contribution in [0.1, 0.15) is 18.4 Å². The van der Waals surface area contributed by atoms with Crippen LogP contribution in [0.4, 0.5) is 0 Å². The number of benzene rings is 1. The summed E-state index contributed by atoms with van der Waals surface area (Å²) in [6.45, 7) is 1.50. The summed E-state index contributed by atoms with van der Waals surface area (Å²) in [4.78, 5) is 11.6. The predicted molar refractivity (Wildman–Crippen MR) is 74.2 cm³/mol. The third-order valence-electron chi connectivity index (χ3n) is 4.22. The van der Waals surface area contributed by atoms with E-state index in [0.717, 1.165) is 0 Å². The molecule has 0 spiro atoms. The normalized spacial score (nSPS) is 28.9. The maximum absolute atomic E-state index is 12.2. The van der Waals surface area contributed by atoms with Crippen molar-refractivity contribution in [3.05, 3.63) is 23.8 Å². The maximum Gasteiger partial charge on any atom is 0.326 e. The average molecular weight is 323 g/mol. The molecular formula is C14H13NO6S. The van der Waals surface area contributed by atoms with Crippen LogP contribution < -0.4 is 9.47 Å². The molecule has 1 aliphatic heterocycles. The first-order chi connectivity index (χ1) is 10.4. The van der Waals surface area contributed by atoms with Crippen molar-refractivity contribution < 1.29 is 27.8 Å². The van der Waals surface area contributed by atoms with E-state index in [2.05, 4.69) is 0 Å². The van der Waals surface area contributed by atoms with Gasteiger partial charge in [-0.1, -0.05) is 13.0 Å². The van der Waals surface area contributed by atoms with Crippen molar-refractivity contribution >= 4 is 15.8 Å². The van der Waals surface area contributed by atoms with Gasteiger partial charge in [-0.2, -0.15) is 5.26 Å². The number of carboxylic acids is 1. The van der Waals surface area contributed by atoms with Crippen LogP contribution in [0.25, 0.3) is 0 Å². The first kappa shape index (κ1) is 14.7. The SMILES string of the molecule is CCS(=O)(=O)C1C(c2ccc3c(c2)OCO3)C1(C#N)C(=O)O. The van der Waals surface area contributed by atoms with E-state index in [1.807, 2.05) is 0 Å². The van der Waals surface area contributed by atoms with Crippen molar-refractivity contribution in [1.29, 1.82) is 5.26 Å². The zero-order valence-corrected chi connectivity index (χ0v) is 12.5. The van der Waals surface area contributed by atoms with E-state index < -0.39 is 32.4 Å². The third-order valence-corrected chi connectivity index (χ3v) is 6.44. The number of nitrogens with zero attached hydrogens (tertiary/aromatic N) is 1. The summed E-state index contributed by atoms with van der Waals surface area (Å²) in [7, 11) is -3.68. The summed E-state index contributed by atoms with van der Waals surface area (Å²) in [5.41, 5.74) is -1.49. The van der Waals surface area contributed by atoms with E-state index >= 15 is 0 Å². The molecule has 1 fully saturated rings. The minimum absolute atomic E-state index is 0.0580. The van der Waals surface area contributed by atoms with Gasteiger partial charge in [0.2, 0.25) is 6.79 Å². The van der Waals surface area contributed by atoms with Crippen molar-refractivity contribution in [2.24, 2.45) is 5.41 Å². The number of sulfone groups is 1. The molecule has 0 amide bonds. The lowest BCUT2D eigenvalue weighted by molar-refractivity contribution is -0.141. The molecular weight excluding hydrogens is 310 g/mol. The summed E-state index contributed by atoms with van der Waals surface area (Å²) < 4.78 is 34.8. The Kier molecular flexibility index (Phi) is 3.07. The van der Waals surface area contributed by atoms with Gasteiger partial charge in [-0.05, 0) is 17.7 Å². The van der Waals surface area contributed by atoms with Crippen LogP contribution >= 0.6 is 0 Å². The first-order valence-corrected chi connectivity index (χ1v) is 8.35. The molecule has 116 valence electrons. The molecule has 1 N–H and O–H groups in total. The lowest BCUT2D eigenvalue weighted by atomic mass is 10.0. The number of rotatable bonds is 4. The molecule has 1 aromatic rings. The van der Waals surface area contributed by atoms with Crippen LogP contribution in [0.5, 0.6) is 11.5 Å². The number of carbonyl (C=O) groups is 1. The summed E-state index contributed by atoms with van der Waals surface area (Å²) in [6, 6.07) is 6.43. The number of ether oxygens (including phenoxy) is 2. The van der Waals surface area contributed by atoms with E-state index in [1.165, 1.54) is 6.92 Å². The molecule has 22 heavy (non-hydrogen) atoms. The van der Waals surface area contributed by atoms with Gasteiger partial charge in [0.25, 0.3) is 0 Å². The maximum atomic E-state index is 12.2. The monoisotopic (exact) mass is 323 g/mol. The highest BCUT2D eigenvalue weighted by Gasteiger charge is 2.76. The van der Waals surface area contributed by atoms with Crippen molar-refractivity contribution in [1.82, 2.24) is 0 Å². The zero-order chi connectivity index (χ0) is 16.1. The van der Waals surface area contributed by atoms with Crippen LogP contribution in [0.3, 0.4) is 0 Å². The molecule has 0 bridgehead atoms. The quantitative estimate of drug-likeness (QED) is 0.876. The van der Waals surface area contributed by atoms with E-state index in [9.17, 15) is 23.6 Å². The lowest BCUT2D eigenvalue weighted by Gasteiger charge is -2.03. The largest absolute Gasteiger partial charge is 0.480 e. The highest BCUT2D eigenvalue weighted by Crippen LogP contribution is 2.63. The van der Waals surface area contributed by atoms with Gasteiger partial charge in [0.1, 0.15) is 5.25 Å².